The highest BCUT2D eigenvalue weighted by atomic mass is 35.5. The highest BCUT2D eigenvalue weighted by Crippen LogP contribution is 2.40. The van der Waals surface area contributed by atoms with Crippen molar-refractivity contribution in [2.45, 2.75) is 38.3 Å². The van der Waals surface area contributed by atoms with Crippen molar-refractivity contribution in [3.8, 4) is 11.5 Å². The molecule has 2 aliphatic rings. The summed E-state index contributed by atoms with van der Waals surface area (Å²) < 4.78 is 49.3. The van der Waals surface area contributed by atoms with E-state index in [1.165, 1.54) is 17.7 Å². The quantitative estimate of drug-likeness (QED) is 0.524. The van der Waals surface area contributed by atoms with Crippen molar-refractivity contribution in [3.63, 3.8) is 0 Å². The summed E-state index contributed by atoms with van der Waals surface area (Å²) >= 11 is 0. The molecule has 3 nitrogen and oxygen atoms in total. The van der Waals surface area contributed by atoms with Crippen molar-refractivity contribution in [2.24, 2.45) is 4.99 Å². The molecule has 0 saturated heterocycles. The Bertz CT molecular complexity index is 952. The summed E-state index contributed by atoms with van der Waals surface area (Å²) in [6, 6.07) is 9.13. The molecule has 2 heterocycles. The van der Waals surface area contributed by atoms with Crippen LogP contribution >= 0.6 is 12.4 Å². The first-order chi connectivity index (χ1) is 14.0. The molecule has 0 aromatic heterocycles. The van der Waals surface area contributed by atoms with E-state index >= 15 is 0 Å². The van der Waals surface area contributed by atoms with Gasteiger partial charge in [0, 0.05) is 18.0 Å². The van der Waals surface area contributed by atoms with Crippen molar-refractivity contribution in [1.29, 1.82) is 0 Å². The molecule has 7 heteroatoms. The summed E-state index contributed by atoms with van der Waals surface area (Å²) in [5, 5.41) is 0. The Balaban J connectivity index is 0.00000256. The first-order valence-electron chi connectivity index (χ1n) is 9.79. The van der Waals surface area contributed by atoms with Crippen LogP contribution in [0.3, 0.4) is 0 Å². The van der Waals surface area contributed by atoms with Crippen molar-refractivity contribution < 1.29 is 22.6 Å². The van der Waals surface area contributed by atoms with Gasteiger partial charge in [-0.15, -0.1) is 12.4 Å². The number of hydrogen-bond acceptors (Lipinski definition) is 3. The fourth-order valence-electron chi connectivity index (χ4n) is 3.71. The van der Waals surface area contributed by atoms with Crippen LogP contribution < -0.4 is 9.47 Å². The molecule has 2 aliphatic heterocycles. The Morgan fingerprint density at radius 1 is 1.07 bits per heavy atom. The second-order valence-electron chi connectivity index (χ2n) is 7.31. The lowest BCUT2D eigenvalue weighted by Crippen LogP contribution is -2.16. The minimum Gasteiger partial charge on any atom is -0.454 e. The van der Waals surface area contributed by atoms with Gasteiger partial charge in [0.15, 0.2) is 11.5 Å². The smallest absolute Gasteiger partial charge is 0.416 e. The molecule has 160 valence electrons. The lowest BCUT2D eigenvalue weighted by atomic mass is 9.85. The van der Waals surface area contributed by atoms with E-state index in [0.717, 1.165) is 48.4 Å². The number of nitrogens with zero attached hydrogens (tertiary/aromatic N) is 1. The maximum Gasteiger partial charge on any atom is 0.416 e. The topological polar surface area (TPSA) is 30.8 Å². The predicted molar refractivity (Wildman–Crippen MR) is 114 cm³/mol. The second-order valence-corrected chi connectivity index (χ2v) is 7.31. The van der Waals surface area contributed by atoms with E-state index in [1.807, 2.05) is 12.1 Å². The lowest BCUT2D eigenvalue weighted by Gasteiger charge is -2.24. The van der Waals surface area contributed by atoms with E-state index < -0.39 is 11.7 Å². The fourth-order valence-corrected chi connectivity index (χ4v) is 3.71. The molecule has 0 spiro atoms. The molecule has 1 atom stereocenters. The van der Waals surface area contributed by atoms with Gasteiger partial charge < -0.3 is 9.47 Å². The third-order valence-corrected chi connectivity index (χ3v) is 5.32. The molecule has 0 saturated carbocycles. The number of alkyl halides is 3. The standard InChI is InChI=1S/C23H22F3NO2.ClH/c1-2-3-4-16-13-27-20(19-12-22-21(11-18(16)19)28-14-29-22)10-7-15-5-8-17(9-6-15)23(24,25)26;/h5-12,16H,2-4,13-14H2,1H3;1H. The SMILES string of the molecule is CCCCC1CN=C(C=Cc2ccc(C(F)(F)F)cc2)c2cc3c(cc21)OCO3.Cl. The zero-order valence-electron chi connectivity index (χ0n) is 16.5. The van der Waals surface area contributed by atoms with Crippen LogP contribution in [0, 0.1) is 0 Å². The number of fused-ring (bicyclic) bond motifs is 2. The third kappa shape index (κ3) is 4.64. The Morgan fingerprint density at radius 2 is 1.77 bits per heavy atom. The number of hydrogen-bond donors (Lipinski definition) is 0. The Labute approximate surface area is 180 Å². The summed E-state index contributed by atoms with van der Waals surface area (Å²) in [6.07, 6.45) is 2.64. The van der Waals surface area contributed by atoms with E-state index in [4.69, 9.17) is 14.5 Å². The molecule has 0 bridgehead atoms. The minimum atomic E-state index is -4.33. The van der Waals surface area contributed by atoms with Gasteiger partial charge in [-0.05, 0) is 47.9 Å². The molecular formula is C23H23ClF3NO2. The van der Waals surface area contributed by atoms with Gasteiger partial charge in [-0.25, -0.2) is 0 Å². The van der Waals surface area contributed by atoms with Gasteiger partial charge in [-0.2, -0.15) is 13.2 Å². The number of unbranched alkanes of at least 4 members (excludes halogenated alkanes) is 1. The van der Waals surface area contributed by atoms with E-state index in [2.05, 4.69) is 13.0 Å². The molecule has 0 aliphatic carbocycles. The third-order valence-electron chi connectivity index (χ3n) is 5.32. The van der Waals surface area contributed by atoms with Crippen LogP contribution in [-0.2, 0) is 6.18 Å². The van der Waals surface area contributed by atoms with Crippen molar-refractivity contribution >= 4 is 24.2 Å². The number of benzene rings is 2. The van der Waals surface area contributed by atoms with E-state index in [-0.39, 0.29) is 19.2 Å². The monoisotopic (exact) mass is 437 g/mol. The van der Waals surface area contributed by atoms with Gasteiger partial charge in [0.25, 0.3) is 0 Å². The first kappa shape index (κ1) is 22.2. The molecule has 0 fully saturated rings. The van der Waals surface area contributed by atoms with Crippen LogP contribution in [-0.4, -0.2) is 19.0 Å². The number of rotatable bonds is 5. The molecule has 1 unspecified atom stereocenters. The van der Waals surface area contributed by atoms with Gasteiger partial charge in [0.2, 0.25) is 6.79 Å². The van der Waals surface area contributed by atoms with Crippen LogP contribution in [0.25, 0.3) is 6.08 Å². The van der Waals surface area contributed by atoms with Crippen molar-refractivity contribution in [2.75, 3.05) is 13.3 Å². The summed E-state index contributed by atoms with van der Waals surface area (Å²) in [5.74, 6) is 1.80. The zero-order valence-corrected chi connectivity index (χ0v) is 17.4. The maximum atomic E-state index is 12.7. The first-order valence-corrected chi connectivity index (χ1v) is 9.79. The average molecular weight is 438 g/mol. The highest BCUT2D eigenvalue weighted by Gasteiger charge is 2.30. The Morgan fingerprint density at radius 3 is 2.43 bits per heavy atom. The number of ether oxygens (including phenoxy) is 2. The highest BCUT2D eigenvalue weighted by molar-refractivity contribution is 6.12. The maximum absolute atomic E-state index is 12.7. The minimum absolute atomic E-state index is 0. The van der Waals surface area contributed by atoms with E-state index in [0.29, 0.717) is 23.8 Å². The molecule has 2 aromatic carbocycles. The van der Waals surface area contributed by atoms with Crippen LogP contribution in [0.2, 0.25) is 0 Å². The average Bonchev–Trinajstić information content (AvgIpc) is 3.16. The summed E-state index contributed by atoms with van der Waals surface area (Å²) in [4.78, 5) is 4.76. The van der Waals surface area contributed by atoms with Crippen molar-refractivity contribution in [1.82, 2.24) is 0 Å². The summed E-state index contributed by atoms with van der Waals surface area (Å²) in [7, 11) is 0. The summed E-state index contributed by atoms with van der Waals surface area (Å²) in [5.41, 5.74) is 3.05. The lowest BCUT2D eigenvalue weighted by molar-refractivity contribution is -0.137. The Kier molecular flexibility index (Phi) is 6.76. The van der Waals surface area contributed by atoms with Crippen LogP contribution in [0.1, 0.15) is 54.4 Å². The predicted octanol–water partition coefficient (Wildman–Crippen LogP) is 6.65. The van der Waals surface area contributed by atoms with Crippen LogP contribution in [0.15, 0.2) is 47.5 Å². The van der Waals surface area contributed by atoms with Gasteiger partial charge in [-0.3, -0.25) is 4.99 Å². The van der Waals surface area contributed by atoms with Crippen LogP contribution in [0.5, 0.6) is 11.5 Å². The van der Waals surface area contributed by atoms with E-state index in [9.17, 15) is 13.2 Å². The second kappa shape index (κ2) is 9.13. The van der Waals surface area contributed by atoms with Gasteiger partial charge >= 0.3 is 6.18 Å². The molecule has 30 heavy (non-hydrogen) atoms. The zero-order chi connectivity index (χ0) is 20.4. The molecule has 0 N–H and O–H groups in total. The molecule has 0 amide bonds. The molecule has 2 aromatic rings. The largest absolute Gasteiger partial charge is 0.454 e. The fraction of sp³-hybridized carbons (Fsp3) is 0.348. The van der Waals surface area contributed by atoms with Gasteiger partial charge in [-0.1, -0.05) is 38.0 Å². The molecular weight excluding hydrogens is 415 g/mol. The van der Waals surface area contributed by atoms with Gasteiger partial charge in [0.1, 0.15) is 0 Å². The molecule has 0 radical (unpaired) electrons. The summed E-state index contributed by atoms with van der Waals surface area (Å²) in [6.45, 7) is 3.08. The Hall–Kier alpha value is -2.47. The van der Waals surface area contributed by atoms with Crippen LogP contribution in [0.4, 0.5) is 13.2 Å². The normalized spacial score (nSPS) is 17.5. The van der Waals surface area contributed by atoms with E-state index in [1.54, 1.807) is 6.08 Å². The number of halogens is 4. The number of allylic oxidation sites excluding steroid dienone is 1. The van der Waals surface area contributed by atoms with Crippen molar-refractivity contribution in [3.05, 3.63) is 64.7 Å². The molecule has 4 rings (SSSR count). The number of aliphatic imine (C=N–C) groups is 1. The van der Waals surface area contributed by atoms with Gasteiger partial charge in [0.05, 0.1) is 11.3 Å².